The van der Waals surface area contributed by atoms with Gasteiger partial charge in [0.15, 0.2) is 0 Å². The van der Waals surface area contributed by atoms with E-state index >= 15 is 0 Å². The molecule has 2 nitrogen and oxygen atoms in total. The minimum absolute atomic E-state index is 0.0341. The molecule has 0 bridgehead atoms. The van der Waals surface area contributed by atoms with Gasteiger partial charge in [0.25, 0.3) is 0 Å². The first-order valence-corrected chi connectivity index (χ1v) is 7.72. The summed E-state index contributed by atoms with van der Waals surface area (Å²) in [5.41, 5.74) is 1.75. The summed E-state index contributed by atoms with van der Waals surface area (Å²) in [5, 5.41) is 10.2. The largest absolute Gasteiger partial charge is 0.393 e. The van der Waals surface area contributed by atoms with Gasteiger partial charge in [0.1, 0.15) is 0 Å². The van der Waals surface area contributed by atoms with E-state index in [1.807, 2.05) is 0 Å². The van der Waals surface area contributed by atoms with Crippen molar-refractivity contribution in [2.24, 2.45) is 5.41 Å². The van der Waals surface area contributed by atoms with Crippen LogP contribution in [0, 0.1) is 5.41 Å². The summed E-state index contributed by atoms with van der Waals surface area (Å²) in [6.07, 6.45) is 10.7. The molecule has 1 heterocycles. The highest BCUT2D eigenvalue weighted by Gasteiger charge is 2.44. The zero-order chi connectivity index (χ0) is 13.0. The third-order valence-corrected chi connectivity index (χ3v) is 5.04. The van der Waals surface area contributed by atoms with Crippen molar-refractivity contribution in [1.29, 1.82) is 0 Å². The highest BCUT2D eigenvalue weighted by molar-refractivity contribution is 4.99. The van der Waals surface area contributed by atoms with Crippen molar-refractivity contribution in [2.45, 2.75) is 64.9 Å². The lowest BCUT2D eigenvalue weighted by atomic mass is 9.76. The van der Waals surface area contributed by atoms with Crippen LogP contribution in [0.25, 0.3) is 0 Å². The topological polar surface area (TPSA) is 23.5 Å². The second-order valence-corrected chi connectivity index (χ2v) is 6.34. The molecule has 1 aliphatic heterocycles. The molecule has 1 aliphatic carbocycles. The van der Waals surface area contributed by atoms with Gasteiger partial charge in [-0.2, -0.15) is 0 Å². The molecule has 0 aromatic heterocycles. The van der Waals surface area contributed by atoms with E-state index in [1.54, 1.807) is 0 Å². The standard InChI is InChI=1S/C16H29NO/c1-3-14(2)7-5-11-17-12-6-10-16(13-17)9-4-8-15(16)18/h7,15,18H,3-6,8-13H2,1-2H3/t15-,16-/m1/s1. The average Bonchev–Trinajstić information content (AvgIpc) is 2.70. The summed E-state index contributed by atoms with van der Waals surface area (Å²) in [5.74, 6) is 0. The average molecular weight is 251 g/mol. The molecule has 1 saturated carbocycles. The number of rotatable bonds is 4. The van der Waals surface area contributed by atoms with E-state index in [4.69, 9.17) is 0 Å². The maximum atomic E-state index is 10.2. The van der Waals surface area contributed by atoms with Crippen molar-refractivity contribution in [2.75, 3.05) is 19.6 Å². The van der Waals surface area contributed by atoms with Gasteiger partial charge in [-0.15, -0.1) is 0 Å². The van der Waals surface area contributed by atoms with Crippen molar-refractivity contribution >= 4 is 0 Å². The Morgan fingerprint density at radius 3 is 2.83 bits per heavy atom. The Balaban J connectivity index is 1.84. The van der Waals surface area contributed by atoms with Gasteiger partial charge in [0.2, 0.25) is 0 Å². The molecular formula is C16H29NO. The minimum Gasteiger partial charge on any atom is -0.393 e. The second-order valence-electron chi connectivity index (χ2n) is 6.34. The summed E-state index contributed by atoms with van der Waals surface area (Å²) in [4.78, 5) is 2.58. The van der Waals surface area contributed by atoms with Gasteiger partial charge in [-0.3, -0.25) is 0 Å². The van der Waals surface area contributed by atoms with Crippen molar-refractivity contribution in [3.8, 4) is 0 Å². The highest BCUT2D eigenvalue weighted by atomic mass is 16.3. The Kier molecular flexibility index (Phi) is 4.85. The molecule has 2 aliphatic rings. The fourth-order valence-corrected chi connectivity index (χ4v) is 3.68. The van der Waals surface area contributed by atoms with Crippen LogP contribution in [0.1, 0.15) is 58.8 Å². The van der Waals surface area contributed by atoms with Gasteiger partial charge < -0.3 is 10.0 Å². The van der Waals surface area contributed by atoms with Crippen LogP contribution in [-0.4, -0.2) is 35.7 Å². The maximum absolute atomic E-state index is 10.2. The predicted octanol–water partition coefficient (Wildman–Crippen LogP) is 3.36. The van der Waals surface area contributed by atoms with Gasteiger partial charge in [-0.05, 0) is 52.0 Å². The summed E-state index contributed by atoms with van der Waals surface area (Å²) in [6, 6.07) is 0. The molecule has 0 aromatic rings. The van der Waals surface area contributed by atoms with E-state index in [1.165, 1.54) is 57.2 Å². The van der Waals surface area contributed by atoms with Crippen molar-refractivity contribution in [3.05, 3.63) is 11.6 Å². The molecule has 0 unspecified atom stereocenters. The highest BCUT2D eigenvalue weighted by Crippen LogP contribution is 2.44. The van der Waals surface area contributed by atoms with Crippen LogP contribution in [-0.2, 0) is 0 Å². The van der Waals surface area contributed by atoms with Gasteiger partial charge in [0.05, 0.1) is 6.10 Å². The Morgan fingerprint density at radius 1 is 1.39 bits per heavy atom. The van der Waals surface area contributed by atoms with Gasteiger partial charge in [-0.25, -0.2) is 0 Å². The van der Waals surface area contributed by atoms with Crippen LogP contribution in [0.15, 0.2) is 11.6 Å². The van der Waals surface area contributed by atoms with Crippen LogP contribution in [0.4, 0.5) is 0 Å². The van der Waals surface area contributed by atoms with E-state index in [-0.39, 0.29) is 11.5 Å². The quantitative estimate of drug-likeness (QED) is 0.774. The molecule has 0 aromatic carbocycles. The molecule has 2 rings (SSSR count). The number of aliphatic hydroxyl groups excluding tert-OH is 1. The molecule has 1 N–H and O–H groups in total. The Morgan fingerprint density at radius 2 is 2.17 bits per heavy atom. The van der Waals surface area contributed by atoms with Crippen LogP contribution in [0.3, 0.4) is 0 Å². The minimum atomic E-state index is -0.0341. The number of hydrogen-bond donors (Lipinski definition) is 1. The van der Waals surface area contributed by atoms with Crippen molar-refractivity contribution in [3.63, 3.8) is 0 Å². The molecule has 2 atom stereocenters. The molecular weight excluding hydrogens is 222 g/mol. The number of hydrogen-bond acceptors (Lipinski definition) is 2. The first kappa shape index (κ1) is 14.1. The number of allylic oxidation sites excluding steroid dienone is 1. The summed E-state index contributed by atoms with van der Waals surface area (Å²) >= 11 is 0. The first-order valence-electron chi connectivity index (χ1n) is 7.72. The lowest BCUT2D eigenvalue weighted by Gasteiger charge is -2.42. The van der Waals surface area contributed by atoms with Crippen molar-refractivity contribution in [1.82, 2.24) is 4.90 Å². The molecule has 2 fully saturated rings. The zero-order valence-corrected chi connectivity index (χ0v) is 12.1. The van der Waals surface area contributed by atoms with Crippen molar-refractivity contribution < 1.29 is 5.11 Å². The van der Waals surface area contributed by atoms with Crippen LogP contribution in [0.2, 0.25) is 0 Å². The lowest BCUT2D eigenvalue weighted by Crippen LogP contribution is -2.47. The van der Waals surface area contributed by atoms with Crippen LogP contribution >= 0.6 is 0 Å². The van der Waals surface area contributed by atoms with E-state index in [0.29, 0.717) is 0 Å². The lowest BCUT2D eigenvalue weighted by molar-refractivity contribution is -0.00890. The smallest absolute Gasteiger partial charge is 0.0608 e. The molecule has 104 valence electrons. The number of aliphatic hydroxyl groups is 1. The maximum Gasteiger partial charge on any atom is 0.0608 e. The molecule has 0 amide bonds. The van der Waals surface area contributed by atoms with Crippen LogP contribution < -0.4 is 0 Å². The molecule has 1 saturated heterocycles. The number of piperidine rings is 1. The van der Waals surface area contributed by atoms with E-state index in [9.17, 15) is 5.11 Å². The van der Waals surface area contributed by atoms with E-state index in [2.05, 4.69) is 24.8 Å². The monoisotopic (exact) mass is 251 g/mol. The van der Waals surface area contributed by atoms with E-state index in [0.717, 1.165) is 13.0 Å². The third kappa shape index (κ3) is 3.16. The molecule has 1 spiro atoms. The number of nitrogens with zero attached hydrogens (tertiary/aromatic N) is 1. The van der Waals surface area contributed by atoms with Crippen LogP contribution in [0.5, 0.6) is 0 Å². The molecule has 0 radical (unpaired) electrons. The number of likely N-dealkylation sites (tertiary alicyclic amines) is 1. The second kappa shape index (κ2) is 6.21. The molecule has 2 heteroatoms. The summed E-state index contributed by atoms with van der Waals surface area (Å²) in [6.45, 7) is 7.97. The Hall–Kier alpha value is -0.340. The first-order chi connectivity index (χ1) is 8.66. The van der Waals surface area contributed by atoms with Gasteiger partial charge in [0, 0.05) is 18.5 Å². The summed E-state index contributed by atoms with van der Waals surface area (Å²) < 4.78 is 0. The Bertz CT molecular complexity index is 299. The SMILES string of the molecule is CCC(C)=CCCN1CCC[C@]2(CCC[C@H]2O)C1. The van der Waals surface area contributed by atoms with E-state index < -0.39 is 0 Å². The fraction of sp³-hybridized carbons (Fsp3) is 0.875. The Labute approximate surface area is 112 Å². The van der Waals surface area contributed by atoms with Gasteiger partial charge in [-0.1, -0.05) is 25.0 Å². The molecule has 18 heavy (non-hydrogen) atoms. The zero-order valence-electron chi connectivity index (χ0n) is 12.1. The fourth-order valence-electron chi connectivity index (χ4n) is 3.68. The summed E-state index contributed by atoms with van der Waals surface area (Å²) in [7, 11) is 0. The predicted molar refractivity (Wildman–Crippen MR) is 76.6 cm³/mol. The third-order valence-electron chi connectivity index (χ3n) is 5.04. The normalized spacial score (nSPS) is 34.4. The van der Waals surface area contributed by atoms with Gasteiger partial charge >= 0.3 is 0 Å².